The van der Waals surface area contributed by atoms with Gasteiger partial charge in [-0.3, -0.25) is 0 Å². The number of aromatic nitrogens is 1. The van der Waals surface area contributed by atoms with Crippen LogP contribution in [-0.4, -0.2) is 37.8 Å². The first-order chi connectivity index (χ1) is 9.76. The Balaban J connectivity index is 2.02. The van der Waals surface area contributed by atoms with Gasteiger partial charge in [0.05, 0.1) is 6.61 Å². The molecule has 0 radical (unpaired) electrons. The molecule has 0 spiro atoms. The van der Waals surface area contributed by atoms with Crippen LogP contribution in [0.5, 0.6) is 0 Å². The third-order valence-electron chi connectivity index (χ3n) is 3.74. The number of pyridine rings is 1. The molecule has 112 valence electrons. The molecule has 1 heterocycles. The number of anilines is 1. The average molecular weight is 277 g/mol. The maximum Gasteiger partial charge on any atom is 0.129 e. The summed E-state index contributed by atoms with van der Waals surface area (Å²) in [5, 5.41) is 3.44. The number of ether oxygens (including phenoxy) is 1. The van der Waals surface area contributed by atoms with Crippen LogP contribution in [-0.2, 0) is 11.3 Å². The molecule has 4 heteroatoms. The zero-order valence-corrected chi connectivity index (χ0v) is 13.0. The van der Waals surface area contributed by atoms with Crippen molar-refractivity contribution in [3.63, 3.8) is 0 Å². The smallest absolute Gasteiger partial charge is 0.129 e. The predicted octanol–water partition coefficient (Wildman–Crippen LogP) is 2.50. The summed E-state index contributed by atoms with van der Waals surface area (Å²) in [6, 6.07) is 5.04. The molecule has 1 aromatic rings. The lowest BCUT2D eigenvalue weighted by atomic mass is 10.2. The number of hydrogen-bond acceptors (Lipinski definition) is 4. The monoisotopic (exact) mass is 277 g/mol. The number of methoxy groups -OCH3 is 1. The number of nitrogens with one attached hydrogen (secondary N) is 1. The Bertz CT molecular complexity index is 418. The predicted molar refractivity (Wildman–Crippen MR) is 83.2 cm³/mol. The second-order valence-corrected chi connectivity index (χ2v) is 5.51. The highest BCUT2D eigenvalue weighted by Crippen LogP contribution is 2.30. The van der Waals surface area contributed by atoms with Crippen molar-refractivity contribution in [2.45, 2.75) is 45.7 Å². The lowest BCUT2D eigenvalue weighted by molar-refractivity contribution is 0.204. The first kappa shape index (κ1) is 15.3. The van der Waals surface area contributed by atoms with E-state index >= 15 is 0 Å². The van der Waals surface area contributed by atoms with E-state index in [1.165, 1.54) is 18.4 Å². The van der Waals surface area contributed by atoms with E-state index in [4.69, 9.17) is 9.72 Å². The van der Waals surface area contributed by atoms with E-state index in [2.05, 4.69) is 36.2 Å². The molecule has 0 aromatic carbocycles. The summed E-state index contributed by atoms with van der Waals surface area (Å²) in [6.07, 6.45) is 3.73. The highest BCUT2D eigenvalue weighted by molar-refractivity contribution is 5.44. The zero-order chi connectivity index (χ0) is 14.4. The molecular formula is C16H27N3O. The molecule has 1 N–H and O–H groups in total. The second-order valence-electron chi connectivity index (χ2n) is 5.51. The Kier molecular flexibility index (Phi) is 5.80. The van der Waals surface area contributed by atoms with E-state index in [1.807, 2.05) is 0 Å². The van der Waals surface area contributed by atoms with Crippen molar-refractivity contribution >= 4 is 5.82 Å². The van der Waals surface area contributed by atoms with Gasteiger partial charge in [-0.1, -0.05) is 13.0 Å². The maximum absolute atomic E-state index is 5.21. The van der Waals surface area contributed by atoms with Crippen molar-refractivity contribution in [2.75, 3.05) is 31.7 Å². The standard InChI is InChI=1S/C16H27N3O/c1-4-9-17-12-14-5-8-16(18-13(14)2)19(10-11-20-3)15-6-7-15/h5,8,15,17H,4,6-7,9-12H2,1-3H3. The van der Waals surface area contributed by atoms with Crippen LogP contribution in [0.1, 0.15) is 37.4 Å². The summed E-state index contributed by atoms with van der Waals surface area (Å²) in [6.45, 7) is 7.95. The van der Waals surface area contributed by atoms with E-state index in [1.54, 1.807) is 7.11 Å². The summed E-state index contributed by atoms with van der Waals surface area (Å²) >= 11 is 0. The normalized spacial score (nSPS) is 14.6. The zero-order valence-electron chi connectivity index (χ0n) is 13.0. The lowest BCUT2D eigenvalue weighted by Crippen LogP contribution is -2.30. The van der Waals surface area contributed by atoms with Gasteiger partial charge in [0, 0.05) is 31.9 Å². The molecule has 0 bridgehead atoms. The van der Waals surface area contributed by atoms with E-state index in [0.29, 0.717) is 6.04 Å². The highest BCUT2D eigenvalue weighted by Gasteiger charge is 2.29. The van der Waals surface area contributed by atoms with Crippen molar-refractivity contribution < 1.29 is 4.74 Å². The fourth-order valence-electron chi connectivity index (χ4n) is 2.38. The molecule has 0 saturated heterocycles. The number of nitrogens with zero attached hydrogens (tertiary/aromatic N) is 2. The fraction of sp³-hybridized carbons (Fsp3) is 0.688. The topological polar surface area (TPSA) is 37.4 Å². The minimum Gasteiger partial charge on any atom is -0.383 e. The van der Waals surface area contributed by atoms with Gasteiger partial charge in [0.25, 0.3) is 0 Å². The summed E-state index contributed by atoms with van der Waals surface area (Å²) in [7, 11) is 1.76. The van der Waals surface area contributed by atoms with Gasteiger partial charge in [-0.25, -0.2) is 4.98 Å². The highest BCUT2D eigenvalue weighted by atomic mass is 16.5. The Labute approximate surface area is 122 Å². The summed E-state index contributed by atoms with van der Waals surface area (Å²) in [5.41, 5.74) is 2.43. The molecule has 20 heavy (non-hydrogen) atoms. The molecule has 1 saturated carbocycles. The van der Waals surface area contributed by atoms with Gasteiger partial charge in [0.15, 0.2) is 0 Å². The number of aryl methyl sites for hydroxylation is 1. The molecule has 0 unspecified atom stereocenters. The molecule has 0 amide bonds. The average Bonchev–Trinajstić information content (AvgIpc) is 3.26. The van der Waals surface area contributed by atoms with Crippen molar-refractivity contribution in [1.29, 1.82) is 0 Å². The largest absolute Gasteiger partial charge is 0.383 e. The van der Waals surface area contributed by atoms with Gasteiger partial charge in [-0.15, -0.1) is 0 Å². The van der Waals surface area contributed by atoms with Crippen LogP contribution < -0.4 is 10.2 Å². The summed E-state index contributed by atoms with van der Waals surface area (Å²) < 4.78 is 5.21. The molecule has 0 atom stereocenters. The Morgan fingerprint density at radius 2 is 2.20 bits per heavy atom. The SMILES string of the molecule is CCCNCc1ccc(N(CCOC)C2CC2)nc1C. The number of hydrogen-bond donors (Lipinski definition) is 1. The molecule has 1 aliphatic rings. The minimum atomic E-state index is 0.668. The van der Waals surface area contributed by atoms with Crippen LogP contribution in [0.3, 0.4) is 0 Å². The van der Waals surface area contributed by atoms with E-state index in [9.17, 15) is 0 Å². The van der Waals surface area contributed by atoms with Crippen LogP contribution in [0.15, 0.2) is 12.1 Å². The van der Waals surface area contributed by atoms with Gasteiger partial charge in [-0.05, 0) is 44.4 Å². The fourth-order valence-corrected chi connectivity index (χ4v) is 2.38. The molecule has 1 fully saturated rings. The number of rotatable bonds is 9. The summed E-state index contributed by atoms with van der Waals surface area (Å²) in [5.74, 6) is 1.10. The molecular weight excluding hydrogens is 250 g/mol. The van der Waals surface area contributed by atoms with Crippen LogP contribution in [0.25, 0.3) is 0 Å². The third-order valence-corrected chi connectivity index (χ3v) is 3.74. The molecule has 2 rings (SSSR count). The quantitative estimate of drug-likeness (QED) is 0.704. The first-order valence-corrected chi connectivity index (χ1v) is 7.69. The first-order valence-electron chi connectivity index (χ1n) is 7.69. The van der Waals surface area contributed by atoms with Gasteiger partial charge >= 0.3 is 0 Å². The molecule has 0 aliphatic heterocycles. The molecule has 1 aliphatic carbocycles. The maximum atomic E-state index is 5.21. The Morgan fingerprint density at radius 3 is 2.80 bits per heavy atom. The Morgan fingerprint density at radius 1 is 1.40 bits per heavy atom. The van der Waals surface area contributed by atoms with Crippen molar-refractivity contribution in [1.82, 2.24) is 10.3 Å². The van der Waals surface area contributed by atoms with Crippen molar-refractivity contribution in [2.24, 2.45) is 0 Å². The van der Waals surface area contributed by atoms with Crippen LogP contribution in [0, 0.1) is 6.92 Å². The van der Waals surface area contributed by atoms with Gasteiger partial charge in [0.2, 0.25) is 0 Å². The van der Waals surface area contributed by atoms with Crippen molar-refractivity contribution in [3.8, 4) is 0 Å². The van der Waals surface area contributed by atoms with Crippen LogP contribution in [0.4, 0.5) is 5.82 Å². The van der Waals surface area contributed by atoms with E-state index < -0.39 is 0 Å². The third kappa shape index (κ3) is 4.18. The summed E-state index contributed by atoms with van der Waals surface area (Å²) in [4.78, 5) is 7.19. The van der Waals surface area contributed by atoms with Gasteiger partial charge < -0.3 is 15.0 Å². The minimum absolute atomic E-state index is 0.668. The van der Waals surface area contributed by atoms with Gasteiger partial charge in [0.1, 0.15) is 5.82 Å². The van der Waals surface area contributed by atoms with Crippen LogP contribution >= 0.6 is 0 Å². The second kappa shape index (κ2) is 7.60. The Hall–Kier alpha value is -1.13. The van der Waals surface area contributed by atoms with E-state index in [0.717, 1.165) is 44.2 Å². The van der Waals surface area contributed by atoms with Crippen molar-refractivity contribution in [3.05, 3.63) is 23.4 Å². The van der Waals surface area contributed by atoms with Gasteiger partial charge in [-0.2, -0.15) is 0 Å². The van der Waals surface area contributed by atoms with E-state index in [-0.39, 0.29) is 0 Å². The lowest BCUT2D eigenvalue weighted by Gasteiger charge is -2.24. The molecule has 4 nitrogen and oxygen atoms in total. The molecule has 1 aromatic heterocycles. The van der Waals surface area contributed by atoms with Crippen LogP contribution in [0.2, 0.25) is 0 Å².